The van der Waals surface area contributed by atoms with Crippen molar-refractivity contribution in [2.75, 3.05) is 0 Å². The van der Waals surface area contributed by atoms with Crippen molar-refractivity contribution in [1.29, 1.82) is 0 Å². The molecule has 3 atom stereocenters. The fraction of sp³-hybridized carbons (Fsp3) is 1.00. The highest BCUT2D eigenvalue weighted by Crippen LogP contribution is 2.25. The van der Waals surface area contributed by atoms with E-state index in [1.54, 1.807) is 0 Å². The van der Waals surface area contributed by atoms with Gasteiger partial charge in [-0.15, -0.1) is 0 Å². The van der Waals surface area contributed by atoms with Crippen molar-refractivity contribution >= 4 is 0 Å². The van der Waals surface area contributed by atoms with Crippen LogP contribution in [-0.4, -0.2) is 12.1 Å². The van der Waals surface area contributed by atoms with Gasteiger partial charge in [0.25, 0.3) is 0 Å². The topological polar surface area (TPSA) is 12.0 Å². The monoisotopic (exact) mass is 197 g/mol. The Bertz CT molecular complexity index is 153. The fourth-order valence-electron chi connectivity index (χ4n) is 2.62. The first-order valence-corrected chi connectivity index (χ1v) is 6.41. The van der Waals surface area contributed by atoms with Crippen LogP contribution in [0.5, 0.6) is 0 Å². The van der Waals surface area contributed by atoms with Crippen molar-refractivity contribution in [3.63, 3.8) is 0 Å². The van der Waals surface area contributed by atoms with Gasteiger partial charge in [-0.25, -0.2) is 0 Å². The Morgan fingerprint density at radius 1 is 1.21 bits per heavy atom. The van der Waals surface area contributed by atoms with Gasteiger partial charge in [0, 0.05) is 12.1 Å². The third kappa shape index (κ3) is 3.27. The maximum atomic E-state index is 3.85. The Kier molecular flexibility index (Phi) is 4.94. The average molecular weight is 197 g/mol. The number of hydrogen-bond donors (Lipinski definition) is 1. The lowest BCUT2D eigenvalue weighted by Gasteiger charge is -2.34. The molecule has 0 spiro atoms. The van der Waals surface area contributed by atoms with Gasteiger partial charge in [0.15, 0.2) is 0 Å². The zero-order valence-electron chi connectivity index (χ0n) is 10.3. The molecule has 1 aliphatic carbocycles. The van der Waals surface area contributed by atoms with Gasteiger partial charge in [0.2, 0.25) is 0 Å². The molecule has 0 aliphatic heterocycles. The summed E-state index contributed by atoms with van der Waals surface area (Å²) in [6.07, 6.45) is 6.95. The van der Waals surface area contributed by atoms with Crippen LogP contribution >= 0.6 is 0 Å². The van der Waals surface area contributed by atoms with Gasteiger partial charge >= 0.3 is 0 Å². The Morgan fingerprint density at radius 2 is 1.86 bits per heavy atom. The predicted octanol–water partition coefficient (Wildman–Crippen LogP) is 3.59. The summed E-state index contributed by atoms with van der Waals surface area (Å²) in [5.41, 5.74) is 0. The lowest BCUT2D eigenvalue weighted by atomic mass is 9.84. The number of nitrogens with one attached hydrogen (secondary N) is 1. The Hall–Kier alpha value is -0.0400. The minimum atomic E-state index is 0.723. The summed E-state index contributed by atoms with van der Waals surface area (Å²) in [6, 6.07) is 1.51. The quantitative estimate of drug-likeness (QED) is 0.726. The van der Waals surface area contributed by atoms with Gasteiger partial charge in [-0.05, 0) is 31.1 Å². The molecule has 0 aromatic carbocycles. The summed E-state index contributed by atoms with van der Waals surface area (Å²) >= 11 is 0. The molecule has 0 bridgehead atoms. The number of rotatable bonds is 4. The molecule has 1 N–H and O–H groups in total. The van der Waals surface area contributed by atoms with Crippen LogP contribution in [0, 0.1) is 11.8 Å². The van der Waals surface area contributed by atoms with Gasteiger partial charge in [-0.1, -0.05) is 40.5 Å². The maximum Gasteiger partial charge on any atom is 0.00953 e. The summed E-state index contributed by atoms with van der Waals surface area (Å²) in [5, 5.41) is 3.85. The maximum absolute atomic E-state index is 3.85. The second kappa shape index (κ2) is 5.75. The predicted molar refractivity (Wildman–Crippen MR) is 63.5 cm³/mol. The van der Waals surface area contributed by atoms with E-state index in [4.69, 9.17) is 0 Å². The SMILES string of the molecule is CC[C@H](N[C@@H]1CCCC[C@@H]1C)C(C)C. The molecule has 14 heavy (non-hydrogen) atoms. The Labute approximate surface area is 89.7 Å². The molecule has 1 aliphatic rings. The molecule has 1 fully saturated rings. The molecule has 1 heteroatoms. The molecule has 0 amide bonds. The summed E-state index contributed by atoms with van der Waals surface area (Å²) in [7, 11) is 0. The molecule has 0 aromatic rings. The van der Waals surface area contributed by atoms with E-state index < -0.39 is 0 Å². The molecule has 1 rings (SSSR count). The summed E-state index contributed by atoms with van der Waals surface area (Å²) in [4.78, 5) is 0. The molecule has 0 aromatic heterocycles. The van der Waals surface area contributed by atoms with Crippen molar-refractivity contribution in [2.24, 2.45) is 11.8 Å². The molecule has 0 radical (unpaired) electrons. The molecule has 1 saturated carbocycles. The zero-order chi connectivity index (χ0) is 10.6. The molecule has 84 valence electrons. The van der Waals surface area contributed by atoms with Crippen LogP contribution in [0.15, 0.2) is 0 Å². The highest BCUT2D eigenvalue weighted by Gasteiger charge is 2.24. The van der Waals surface area contributed by atoms with Crippen LogP contribution < -0.4 is 5.32 Å². The minimum absolute atomic E-state index is 0.723. The summed E-state index contributed by atoms with van der Waals surface area (Å²) in [5.74, 6) is 1.66. The van der Waals surface area contributed by atoms with Crippen LogP contribution in [-0.2, 0) is 0 Å². The van der Waals surface area contributed by atoms with Crippen molar-refractivity contribution in [3.8, 4) is 0 Å². The van der Waals surface area contributed by atoms with Crippen LogP contribution in [0.3, 0.4) is 0 Å². The Balaban J connectivity index is 2.39. The summed E-state index contributed by atoms with van der Waals surface area (Å²) in [6.45, 7) is 9.36. The van der Waals surface area contributed by atoms with Crippen LogP contribution in [0.25, 0.3) is 0 Å². The fourth-order valence-corrected chi connectivity index (χ4v) is 2.62. The highest BCUT2D eigenvalue weighted by atomic mass is 15.0. The normalized spacial score (nSPS) is 30.6. The first kappa shape index (κ1) is 12.0. The third-order valence-electron chi connectivity index (χ3n) is 3.78. The summed E-state index contributed by atoms with van der Waals surface area (Å²) < 4.78 is 0. The Morgan fingerprint density at radius 3 is 2.36 bits per heavy atom. The molecular formula is C13H27N. The van der Waals surface area contributed by atoms with E-state index in [9.17, 15) is 0 Å². The highest BCUT2D eigenvalue weighted by molar-refractivity contribution is 4.82. The van der Waals surface area contributed by atoms with Crippen molar-refractivity contribution in [2.45, 2.75) is 71.9 Å². The van der Waals surface area contributed by atoms with Crippen LogP contribution in [0.1, 0.15) is 59.8 Å². The van der Waals surface area contributed by atoms with Gasteiger partial charge in [0.05, 0.1) is 0 Å². The molecule has 0 unspecified atom stereocenters. The average Bonchev–Trinajstić information content (AvgIpc) is 2.16. The van der Waals surface area contributed by atoms with Gasteiger partial charge in [0.1, 0.15) is 0 Å². The van der Waals surface area contributed by atoms with Gasteiger partial charge in [-0.3, -0.25) is 0 Å². The van der Waals surface area contributed by atoms with E-state index in [2.05, 4.69) is 33.0 Å². The smallest absolute Gasteiger partial charge is 0.00953 e. The van der Waals surface area contributed by atoms with Crippen molar-refractivity contribution in [1.82, 2.24) is 5.32 Å². The molecule has 0 saturated heterocycles. The standard InChI is InChI=1S/C13H27N/c1-5-12(10(2)3)14-13-9-7-6-8-11(13)4/h10-14H,5-9H2,1-4H3/t11-,12-,13+/m0/s1. The van der Waals surface area contributed by atoms with Crippen molar-refractivity contribution < 1.29 is 0 Å². The first-order chi connectivity index (χ1) is 6.65. The van der Waals surface area contributed by atoms with Gasteiger partial charge < -0.3 is 5.32 Å². The largest absolute Gasteiger partial charge is 0.311 e. The van der Waals surface area contributed by atoms with Crippen molar-refractivity contribution in [3.05, 3.63) is 0 Å². The molecule has 1 nitrogen and oxygen atoms in total. The zero-order valence-corrected chi connectivity index (χ0v) is 10.3. The molecule has 0 heterocycles. The second-order valence-electron chi connectivity index (χ2n) is 5.29. The van der Waals surface area contributed by atoms with E-state index in [0.29, 0.717) is 0 Å². The number of hydrogen-bond acceptors (Lipinski definition) is 1. The van der Waals surface area contributed by atoms with E-state index >= 15 is 0 Å². The van der Waals surface area contributed by atoms with Crippen LogP contribution in [0.4, 0.5) is 0 Å². The van der Waals surface area contributed by atoms with E-state index in [1.807, 2.05) is 0 Å². The van der Waals surface area contributed by atoms with E-state index in [0.717, 1.165) is 23.9 Å². The molecular weight excluding hydrogens is 170 g/mol. The third-order valence-corrected chi connectivity index (χ3v) is 3.78. The first-order valence-electron chi connectivity index (χ1n) is 6.41. The lowest BCUT2D eigenvalue weighted by molar-refractivity contribution is 0.233. The minimum Gasteiger partial charge on any atom is -0.311 e. The second-order valence-corrected chi connectivity index (χ2v) is 5.29. The lowest BCUT2D eigenvalue weighted by Crippen LogP contribution is -2.45. The van der Waals surface area contributed by atoms with E-state index in [1.165, 1.54) is 32.1 Å². The van der Waals surface area contributed by atoms with Gasteiger partial charge in [-0.2, -0.15) is 0 Å². The van der Waals surface area contributed by atoms with E-state index in [-0.39, 0.29) is 0 Å². The van der Waals surface area contributed by atoms with Crippen LogP contribution in [0.2, 0.25) is 0 Å².